The van der Waals surface area contributed by atoms with Gasteiger partial charge in [0.15, 0.2) is 0 Å². The van der Waals surface area contributed by atoms with Gasteiger partial charge in [-0.3, -0.25) is 9.00 Å². The number of carboxylic acid groups (broad SMARTS) is 1. The summed E-state index contributed by atoms with van der Waals surface area (Å²) in [6.45, 7) is 5.05. The van der Waals surface area contributed by atoms with Crippen LogP contribution in [0, 0.1) is 0 Å². The van der Waals surface area contributed by atoms with Gasteiger partial charge in [-0.15, -0.1) is 0 Å². The highest BCUT2D eigenvalue weighted by Gasteiger charge is 2.22. The second-order valence-electron chi connectivity index (χ2n) is 4.56. The molecule has 1 aromatic heterocycles. The average Bonchev–Trinajstić information content (AvgIpc) is 2.75. The van der Waals surface area contributed by atoms with Gasteiger partial charge in [0.2, 0.25) is 5.91 Å². The zero-order valence-electron chi connectivity index (χ0n) is 11.6. The van der Waals surface area contributed by atoms with Crippen LogP contribution in [0.1, 0.15) is 32.6 Å². The maximum absolute atomic E-state index is 12.0. The molecule has 2 N–H and O–H groups in total. The first-order chi connectivity index (χ1) is 9.31. The Balaban J connectivity index is 2.68. The number of nitrogens with zero attached hydrogens (tertiary/aromatic N) is 3. The van der Waals surface area contributed by atoms with Gasteiger partial charge in [-0.05, 0) is 13.8 Å². The van der Waals surface area contributed by atoms with Crippen LogP contribution in [-0.2, 0) is 26.1 Å². The molecule has 0 aliphatic carbocycles. The predicted molar refractivity (Wildman–Crippen MR) is 72.4 cm³/mol. The SMILES string of the molecule is CC(=O)NC(CS(=O)Cc1ncnn1C(C)C)C(=O)O. The standard InChI is InChI=1S/C11H18N4O4S/c1-7(2)15-10(12-6-13-15)5-20(19)4-9(11(17)18)14-8(3)16/h6-7,9H,4-5H2,1-3H3,(H,14,16)(H,17,18). The second-order valence-corrected chi connectivity index (χ2v) is 6.06. The summed E-state index contributed by atoms with van der Waals surface area (Å²) in [7, 11) is -1.46. The first-order valence-corrected chi connectivity index (χ1v) is 7.53. The molecule has 9 heteroatoms. The molecule has 0 radical (unpaired) electrons. The lowest BCUT2D eigenvalue weighted by Gasteiger charge is -2.13. The van der Waals surface area contributed by atoms with Crippen LogP contribution in [0.3, 0.4) is 0 Å². The fourth-order valence-electron chi connectivity index (χ4n) is 1.62. The fourth-order valence-corrected chi connectivity index (χ4v) is 2.83. The predicted octanol–water partition coefficient (Wildman–Crippen LogP) is -0.303. The molecule has 1 aromatic rings. The number of carboxylic acids is 1. The van der Waals surface area contributed by atoms with Crippen molar-refractivity contribution in [3.63, 3.8) is 0 Å². The lowest BCUT2D eigenvalue weighted by atomic mass is 10.3. The summed E-state index contributed by atoms with van der Waals surface area (Å²) in [6.07, 6.45) is 1.37. The van der Waals surface area contributed by atoms with E-state index in [0.717, 1.165) is 0 Å². The van der Waals surface area contributed by atoms with Gasteiger partial charge in [-0.2, -0.15) is 5.10 Å². The summed E-state index contributed by atoms with van der Waals surface area (Å²) in [5.74, 6) is -1.22. The lowest BCUT2D eigenvalue weighted by Crippen LogP contribution is -2.43. The molecule has 0 aliphatic rings. The summed E-state index contributed by atoms with van der Waals surface area (Å²) >= 11 is 0. The quantitative estimate of drug-likeness (QED) is 0.714. The number of amides is 1. The molecule has 0 saturated carbocycles. The van der Waals surface area contributed by atoms with Gasteiger partial charge < -0.3 is 10.4 Å². The number of rotatable bonds is 7. The Morgan fingerprint density at radius 1 is 1.50 bits per heavy atom. The van der Waals surface area contributed by atoms with E-state index in [4.69, 9.17) is 5.11 Å². The van der Waals surface area contributed by atoms with Crippen molar-refractivity contribution < 1.29 is 18.9 Å². The molecule has 0 aromatic carbocycles. The Kier molecular flexibility index (Phi) is 5.81. The number of aliphatic carboxylic acids is 1. The van der Waals surface area contributed by atoms with Crippen molar-refractivity contribution in [1.82, 2.24) is 20.1 Å². The van der Waals surface area contributed by atoms with Gasteiger partial charge in [0.1, 0.15) is 18.2 Å². The zero-order valence-corrected chi connectivity index (χ0v) is 12.4. The molecule has 20 heavy (non-hydrogen) atoms. The number of hydrogen-bond acceptors (Lipinski definition) is 5. The molecule has 1 heterocycles. The maximum atomic E-state index is 12.0. The van der Waals surface area contributed by atoms with Crippen LogP contribution in [0.5, 0.6) is 0 Å². The Hall–Kier alpha value is -1.77. The van der Waals surface area contributed by atoms with Crippen molar-refractivity contribution in [3.05, 3.63) is 12.2 Å². The van der Waals surface area contributed by atoms with Gasteiger partial charge in [0.05, 0.1) is 11.5 Å². The van der Waals surface area contributed by atoms with Gasteiger partial charge in [-0.1, -0.05) is 0 Å². The molecule has 8 nitrogen and oxygen atoms in total. The molecule has 0 fully saturated rings. The van der Waals surface area contributed by atoms with Crippen LogP contribution < -0.4 is 5.32 Å². The van der Waals surface area contributed by atoms with Crippen molar-refractivity contribution in [3.8, 4) is 0 Å². The number of carbonyl (C=O) groups excluding carboxylic acids is 1. The van der Waals surface area contributed by atoms with Crippen LogP contribution in [0.15, 0.2) is 6.33 Å². The van der Waals surface area contributed by atoms with Crippen molar-refractivity contribution in [1.29, 1.82) is 0 Å². The van der Waals surface area contributed by atoms with E-state index < -0.39 is 28.7 Å². The third-order valence-corrected chi connectivity index (χ3v) is 3.74. The van der Waals surface area contributed by atoms with Crippen LogP contribution in [0.2, 0.25) is 0 Å². The normalized spacial score (nSPS) is 14.0. The second kappa shape index (κ2) is 7.13. The van der Waals surface area contributed by atoms with Crippen molar-refractivity contribution in [2.75, 3.05) is 5.75 Å². The molecule has 0 spiro atoms. The van der Waals surface area contributed by atoms with Crippen molar-refractivity contribution in [2.24, 2.45) is 0 Å². The van der Waals surface area contributed by atoms with E-state index in [2.05, 4.69) is 15.4 Å². The molecule has 112 valence electrons. The molecule has 2 atom stereocenters. The monoisotopic (exact) mass is 302 g/mol. The van der Waals surface area contributed by atoms with Crippen LogP contribution in [0.25, 0.3) is 0 Å². The van der Waals surface area contributed by atoms with Gasteiger partial charge in [-0.25, -0.2) is 14.5 Å². The highest BCUT2D eigenvalue weighted by atomic mass is 32.2. The average molecular weight is 302 g/mol. The van der Waals surface area contributed by atoms with Gasteiger partial charge >= 0.3 is 5.97 Å². The Labute approximate surface area is 119 Å². The van der Waals surface area contributed by atoms with E-state index in [1.54, 1.807) is 4.68 Å². The molecule has 0 saturated heterocycles. The van der Waals surface area contributed by atoms with Crippen molar-refractivity contribution in [2.45, 2.75) is 38.6 Å². The van der Waals surface area contributed by atoms with Crippen LogP contribution in [-0.4, -0.2) is 47.8 Å². The summed E-state index contributed by atoms with van der Waals surface area (Å²) in [4.78, 5) is 25.9. The minimum atomic E-state index is -1.46. The van der Waals surface area contributed by atoms with E-state index in [1.807, 2.05) is 13.8 Å². The van der Waals surface area contributed by atoms with Gasteiger partial charge in [0, 0.05) is 23.8 Å². The maximum Gasteiger partial charge on any atom is 0.327 e. The Morgan fingerprint density at radius 2 is 2.15 bits per heavy atom. The highest BCUT2D eigenvalue weighted by Crippen LogP contribution is 2.08. The highest BCUT2D eigenvalue weighted by molar-refractivity contribution is 7.84. The lowest BCUT2D eigenvalue weighted by molar-refractivity contribution is -0.140. The number of nitrogens with one attached hydrogen (secondary N) is 1. The molecule has 1 amide bonds. The molecule has 0 bridgehead atoms. The first kappa shape index (κ1) is 16.3. The summed E-state index contributed by atoms with van der Waals surface area (Å²) in [6, 6.07) is -1.08. The number of carbonyl (C=O) groups is 2. The molecule has 0 aliphatic heterocycles. The number of aromatic nitrogens is 3. The van der Waals surface area contributed by atoms with Crippen LogP contribution >= 0.6 is 0 Å². The third kappa shape index (κ3) is 4.72. The van der Waals surface area contributed by atoms with E-state index >= 15 is 0 Å². The van der Waals surface area contributed by atoms with Gasteiger partial charge in [0.25, 0.3) is 0 Å². The van der Waals surface area contributed by atoms with Crippen molar-refractivity contribution >= 4 is 22.7 Å². The summed E-state index contributed by atoms with van der Waals surface area (Å²) in [5, 5.41) is 15.2. The zero-order chi connectivity index (χ0) is 15.3. The number of hydrogen-bond donors (Lipinski definition) is 2. The third-order valence-electron chi connectivity index (χ3n) is 2.45. The van der Waals surface area contributed by atoms with Crippen LogP contribution in [0.4, 0.5) is 0 Å². The first-order valence-electron chi connectivity index (χ1n) is 6.04. The van der Waals surface area contributed by atoms with E-state index in [0.29, 0.717) is 5.82 Å². The topological polar surface area (TPSA) is 114 Å². The Morgan fingerprint density at radius 3 is 2.65 bits per heavy atom. The minimum Gasteiger partial charge on any atom is -0.480 e. The summed E-state index contributed by atoms with van der Waals surface area (Å²) < 4.78 is 13.6. The Bertz CT molecular complexity index is 514. The van der Waals surface area contributed by atoms with E-state index in [9.17, 15) is 13.8 Å². The van der Waals surface area contributed by atoms with E-state index in [-0.39, 0.29) is 17.5 Å². The molecule has 1 rings (SSSR count). The summed E-state index contributed by atoms with van der Waals surface area (Å²) in [5.41, 5.74) is 0. The molecular weight excluding hydrogens is 284 g/mol. The molecular formula is C11H18N4O4S. The van der Waals surface area contributed by atoms with E-state index in [1.165, 1.54) is 13.3 Å². The minimum absolute atomic E-state index is 0.0788. The fraction of sp³-hybridized carbons (Fsp3) is 0.636. The molecule has 2 unspecified atom stereocenters. The smallest absolute Gasteiger partial charge is 0.327 e. The largest absolute Gasteiger partial charge is 0.480 e.